The molecule has 0 amide bonds. The summed E-state index contributed by atoms with van der Waals surface area (Å²) in [6, 6.07) is 18.1. The Labute approximate surface area is 152 Å². The van der Waals surface area contributed by atoms with Crippen LogP contribution in [0.5, 0.6) is 5.75 Å². The van der Waals surface area contributed by atoms with Crippen molar-refractivity contribution in [3.8, 4) is 5.75 Å². The Kier molecular flexibility index (Phi) is 3.92. The largest absolute Gasteiger partial charge is 0.483 e. The second-order valence-corrected chi connectivity index (χ2v) is 7.77. The van der Waals surface area contributed by atoms with Crippen LogP contribution in [0.1, 0.15) is 18.1 Å². The third kappa shape index (κ3) is 2.82. The van der Waals surface area contributed by atoms with E-state index in [2.05, 4.69) is 5.16 Å². The van der Waals surface area contributed by atoms with Gasteiger partial charge in [-0.3, -0.25) is 4.28 Å². The lowest BCUT2D eigenvalue weighted by Crippen LogP contribution is -2.17. The quantitative estimate of drug-likeness (QED) is 0.656. The van der Waals surface area contributed by atoms with Gasteiger partial charge in [0.2, 0.25) is 0 Å². The summed E-state index contributed by atoms with van der Waals surface area (Å²) in [7, 11) is -3.98. The molecule has 0 radical (unpaired) electrons. The van der Waals surface area contributed by atoms with E-state index in [0.717, 1.165) is 21.9 Å². The molecule has 4 rings (SSSR count). The molecule has 3 aromatic rings. The second kappa shape index (κ2) is 6.14. The molecule has 1 heterocycles. The molecular weight excluding hydrogens is 350 g/mol. The van der Waals surface area contributed by atoms with E-state index in [0.29, 0.717) is 11.5 Å². The molecule has 0 bridgehead atoms. The number of rotatable bonds is 3. The number of aryl methyl sites for hydroxylation is 1. The fraction of sp³-hybridized carbons (Fsp3) is 0.150. The van der Waals surface area contributed by atoms with Crippen LogP contribution in [0.4, 0.5) is 0 Å². The van der Waals surface area contributed by atoms with Crippen molar-refractivity contribution in [2.24, 2.45) is 5.16 Å². The first-order valence-corrected chi connectivity index (χ1v) is 9.63. The molecule has 0 saturated heterocycles. The molecule has 5 nitrogen and oxygen atoms in total. The topological polar surface area (TPSA) is 65.0 Å². The van der Waals surface area contributed by atoms with Crippen molar-refractivity contribution in [3.05, 3.63) is 71.8 Å². The number of hydrogen-bond donors (Lipinski definition) is 0. The maximum absolute atomic E-state index is 12.4. The van der Waals surface area contributed by atoms with E-state index in [1.54, 1.807) is 12.1 Å². The van der Waals surface area contributed by atoms with Crippen LogP contribution < -0.4 is 4.74 Å². The van der Waals surface area contributed by atoms with Crippen molar-refractivity contribution in [3.63, 3.8) is 0 Å². The third-order valence-electron chi connectivity index (χ3n) is 4.38. The minimum absolute atomic E-state index is 0.0674. The van der Waals surface area contributed by atoms with Gasteiger partial charge in [0.1, 0.15) is 22.5 Å². The van der Waals surface area contributed by atoms with Gasteiger partial charge in [-0.2, -0.15) is 8.42 Å². The van der Waals surface area contributed by atoms with Gasteiger partial charge in [-0.1, -0.05) is 53.2 Å². The van der Waals surface area contributed by atoms with E-state index >= 15 is 0 Å². The molecule has 0 aromatic heterocycles. The van der Waals surface area contributed by atoms with Crippen LogP contribution in [0, 0.1) is 6.92 Å². The summed E-state index contributed by atoms with van der Waals surface area (Å²) in [6.45, 7) is 3.70. The molecule has 6 heteroatoms. The summed E-state index contributed by atoms with van der Waals surface area (Å²) in [5.74, 6) is 0.700. The maximum Gasteiger partial charge on any atom is 0.358 e. The van der Waals surface area contributed by atoms with Crippen molar-refractivity contribution < 1.29 is 17.4 Å². The van der Waals surface area contributed by atoms with Gasteiger partial charge in [0.15, 0.2) is 0 Å². The average molecular weight is 367 g/mol. The van der Waals surface area contributed by atoms with Crippen molar-refractivity contribution >= 4 is 26.6 Å². The lowest BCUT2D eigenvalue weighted by atomic mass is 10.0. The summed E-state index contributed by atoms with van der Waals surface area (Å²) >= 11 is 0. The zero-order valence-electron chi connectivity index (χ0n) is 14.3. The molecule has 0 aliphatic carbocycles. The molecule has 0 saturated carbocycles. The van der Waals surface area contributed by atoms with Gasteiger partial charge in [-0.15, -0.1) is 0 Å². The summed E-state index contributed by atoms with van der Waals surface area (Å²) in [5.41, 5.74) is 2.17. The number of ether oxygens (including phenoxy) is 1. The Bertz CT molecular complexity index is 1120. The Morgan fingerprint density at radius 2 is 1.73 bits per heavy atom. The summed E-state index contributed by atoms with van der Waals surface area (Å²) in [4.78, 5) is 0.0674. The number of oxime groups is 1. The first-order valence-electron chi connectivity index (χ1n) is 8.23. The standard InChI is InChI=1S/C20H17NO4S/c1-13-7-10-16(11-8-13)26(22,23)25-21-19-14(2)24-20-17-6-4-3-5-15(17)9-12-18(19)20/h3-12,14H,1-2H3/b21-19+. The average Bonchev–Trinajstić information content (AvgIpc) is 2.96. The van der Waals surface area contributed by atoms with Gasteiger partial charge in [-0.05, 0) is 37.4 Å². The molecule has 0 N–H and O–H groups in total. The van der Waals surface area contributed by atoms with E-state index in [4.69, 9.17) is 9.02 Å². The molecule has 1 unspecified atom stereocenters. The van der Waals surface area contributed by atoms with E-state index in [1.807, 2.05) is 50.2 Å². The summed E-state index contributed by atoms with van der Waals surface area (Å²) in [5, 5.41) is 5.94. The van der Waals surface area contributed by atoms with Crippen molar-refractivity contribution in [1.82, 2.24) is 0 Å². The molecular formula is C20H17NO4S. The van der Waals surface area contributed by atoms with Crippen molar-refractivity contribution in [1.29, 1.82) is 0 Å². The zero-order chi connectivity index (χ0) is 18.3. The number of nitrogens with zero attached hydrogens (tertiary/aromatic N) is 1. The van der Waals surface area contributed by atoms with Gasteiger partial charge in [0.05, 0.1) is 0 Å². The number of hydrogen-bond acceptors (Lipinski definition) is 5. The van der Waals surface area contributed by atoms with Gasteiger partial charge < -0.3 is 4.74 Å². The molecule has 0 spiro atoms. The Hall–Kier alpha value is -2.86. The minimum atomic E-state index is -3.98. The Morgan fingerprint density at radius 1 is 1.00 bits per heavy atom. The SMILES string of the molecule is Cc1ccc(S(=O)(=O)O/N=C2/c3ccc4ccccc4c3OC2C)cc1. The fourth-order valence-corrected chi connectivity index (χ4v) is 3.72. The van der Waals surface area contributed by atoms with Crippen LogP contribution in [0.3, 0.4) is 0 Å². The highest BCUT2D eigenvalue weighted by molar-refractivity contribution is 7.86. The van der Waals surface area contributed by atoms with Gasteiger partial charge in [0, 0.05) is 10.9 Å². The van der Waals surface area contributed by atoms with Crippen molar-refractivity contribution in [2.45, 2.75) is 24.8 Å². The Balaban J connectivity index is 1.71. The van der Waals surface area contributed by atoms with Gasteiger partial charge >= 0.3 is 10.1 Å². The van der Waals surface area contributed by atoms with Crippen LogP contribution in [0.25, 0.3) is 10.8 Å². The van der Waals surface area contributed by atoms with E-state index in [1.165, 1.54) is 12.1 Å². The number of benzene rings is 3. The first kappa shape index (κ1) is 16.6. The predicted octanol–water partition coefficient (Wildman–Crippen LogP) is 4.04. The smallest absolute Gasteiger partial charge is 0.358 e. The first-order chi connectivity index (χ1) is 12.5. The monoisotopic (exact) mass is 367 g/mol. The highest BCUT2D eigenvalue weighted by Gasteiger charge is 2.30. The van der Waals surface area contributed by atoms with E-state index in [9.17, 15) is 8.42 Å². The molecule has 0 fully saturated rings. The predicted molar refractivity (Wildman–Crippen MR) is 100 cm³/mol. The molecule has 1 atom stereocenters. The summed E-state index contributed by atoms with van der Waals surface area (Å²) < 4.78 is 35.6. The normalized spacial score (nSPS) is 17.9. The lowest BCUT2D eigenvalue weighted by molar-refractivity contribution is 0.294. The summed E-state index contributed by atoms with van der Waals surface area (Å²) in [6.07, 6.45) is -0.399. The van der Waals surface area contributed by atoms with Crippen LogP contribution in [0.2, 0.25) is 0 Å². The van der Waals surface area contributed by atoms with E-state index < -0.39 is 16.2 Å². The molecule has 3 aromatic carbocycles. The molecule has 132 valence electrons. The zero-order valence-corrected chi connectivity index (χ0v) is 15.2. The lowest BCUT2D eigenvalue weighted by Gasteiger charge is -2.05. The van der Waals surface area contributed by atoms with Crippen LogP contribution in [-0.2, 0) is 14.4 Å². The van der Waals surface area contributed by atoms with Gasteiger partial charge in [-0.25, -0.2) is 0 Å². The Morgan fingerprint density at radius 3 is 2.50 bits per heavy atom. The van der Waals surface area contributed by atoms with Crippen LogP contribution >= 0.6 is 0 Å². The maximum atomic E-state index is 12.4. The molecule has 26 heavy (non-hydrogen) atoms. The number of fused-ring (bicyclic) bond motifs is 3. The second-order valence-electron chi connectivity index (χ2n) is 6.24. The van der Waals surface area contributed by atoms with Crippen LogP contribution in [-0.4, -0.2) is 20.2 Å². The highest BCUT2D eigenvalue weighted by atomic mass is 32.2. The molecule has 1 aliphatic rings. The highest BCUT2D eigenvalue weighted by Crippen LogP contribution is 2.36. The van der Waals surface area contributed by atoms with Crippen molar-refractivity contribution in [2.75, 3.05) is 0 Å². The fourth-order valence-electron chi connectivity index (χ4n) is 2.98. The third-order valence-corrected chi connectivity index (χ3v) is 5.50. The van der Waals surface area contributed by atoms with E-state index in [-0.39, 0.29) is 4.90 Å². The van der Waals surface area contributed by atoms with Gasteiger partial charge in [0.25, 0.3) is 0 Å². The minimum Gasteiger partial charge on any atom is -0.483 e. The van der Waals surface area contributed by atoms with Crippen LogP contribution in [0.15, 0.2) is 70.7 Å². The molecule has 1 aliphatic heterocycles.